The zero-order valence-electron chi connectivity index (χ0n) is 15.9. The quantitative estimate of drug-likeness (QED) is 0.366. The van der Waals surface area contributed by atoms with Crippen molar-refractivity contribution in [1.82, 2.24) is 0 Å². The molecule has 0 aromatic rings. The molecular formula is C21H23O8-. The molecule has 1 aliphatic heterocycles. The third-order valence-electron chi connectivity index (χ3n) is 8.53. The maximum Gasteiger partial charge on any atom is 0.354 e. The van der Waals surface area contributed by atoms with Crippen LogP contribution >= 0.6 is 0 Å². The monoisotopic (exact) mass is 403 g/mol. The molecule has 0 amide bonds. The van der Waals surface area contributed by atoms with Crippen LogP contribution in [0.2, 0.25) is 0 Å². The lowest BCUT2D eigenvalue weighted by molar-refractivity contribution is -0.304. The molecular weight excluding hydrogens is 380 g/mol. The molecule has 6 saturated carbocycles. The zero-order valence-corrected chi connectivity index (χ0v) is 15.9. The van der Waals surface area contributed by atoms with Gasteiger partial charge in [0.25, 0.3) is 0 Å². The molecule has 0 N–H and O–H groups in total. The van der Waals surface area contributed by atoms with E-state index in [9.17, 15) is 24.3 Å². The number of fused-ring (bicyclic) bond motifs is 1. The minimum Gasteiger partial charge on any atom is -0.539 e. The Hall–Kier alpha value is -2.12. The lowest BCUT2D eigenvalue weighted by Crippen LogP contribution is -2.54. The van der Waals surface area contributed by atoms with Crippen LogP contribution in [0.5, 0.6) is 0 Å². The van der Waals surface area contributed by atoms with Gasteiger partial charge in [-0.15, -0.1) is 0 Å². The fraction of sp³-hybridized carbons (Fsp3) is 0.810. The molecule has 7 rings (SSSR count). The van der Waals surface area contributed by atoms with Crippen LogP contribution < -0.4 is 5.11 Å². The normalized spacial score (nSPS) is 50.5. The molecule has 1 heterocycles. The van der Waals surface area contributed by atoms with Crippen LogP contribution in [0.15, 0.2) is 0 Å². The number of hydrogen-bond acceptors (Lipinski definition) is 8. The molecule has 7 fully saturated rings. The maximum absolute atomic E-state index is 13.3. The summed E-state index contributed by atoms with van der Waals surface area (Å²) in [5, 5.41) is 10.8. The van der Waals surface area contributed by atoms with Gasteiger partial charge >= 0.3 is 17.9 Å². The molecule has 6 bridgehead atoms. The fourth-order valence-corrected chi connectivity index (χ4v) is 8.08. The Labute approximate surface area is 167 Å². The van der Waals surface area contributed by atoms with Crippen molar-refractivity contribution in [1.29, 1.82) is 0 Å². The summed E-state index contributed by atoms with van der Waals surface area (Å²) in [6.45, 7) is 0. The molecule has 0 radical (unpaired) electrons. The molecule has 156 valence electrons. The van der Waals surface area contributed by atoms with Gasteiger partial charge in [-0.2, -0.15) is 0 Å². The van der Waals surface area contributed by atoms with Crippen LogP contribution in [0.4, 0.5) is 0 Å². The summed E-state index contributed by atoms with van der Waals surface area (Å²) in [5.74, 6) is -4.46. The second kappa shape index (κ2) is 5.73. The van der Waals surface area contributed by atoms with Gasteiger partial charge in [-0.3, -0.25) is 9.59 Å². The lowest BCUT2D eigenvalue weighted by atomic mass is 9.54. The third kappa shape index (κ3) is 2.43. The Morgan fingerprint density at radius 1 is 0.966 bits per heavy atom. The van der Waals surface area contributed by atoms with E-state index in [0.29, 0.717) is 24.2 Å². The Balaban J connectivity index is 1.24. The van der Waals surface area contributed by atoms with Crippen LogP contribution in [-0.4, -0.2) is 41.7 Å². The first-order valence-corrected chi connectivity index (χ1v) is 10.7. The van der Waals surface area contributed by atoms with Crippen molar-refractivity contribution in [3.8, 4) is 0 Å². The molecule has 6 aliphatic carbocycles. The number of carboxylic acid groups (broad SMARTS) is 1. The first-order chi connectivity index (χ1) is 13.8. The largest absolute Gasteiger partial charge is 0.539 e. The maximum atomic E-state index is 13.3. The molecule has 6 atom stereocenters. The van der Waals surface area contributed by atoms with Gasteiger partial charge in [-0.05, 0) is 62.7 Å². The van der Waals surface area contributed by atoms with E-state index in [1.54, 1.807) is 0 Å². The summed E-state index contributed by atoms with van der Waals surface area (Å²) in [5.41, 5.74) is -0.424. The summed E-state index contributed by atoms with van der Waals surface area (Å²) in [7, 11) is 0. The zero-order chi connectivity index (χ0) is 20.1. The average Bonchev–Trinajstić information content (AvgIpc) is 3.23. The predicted molar refractivity (Wildman–Crippen MR) is 90.3 cm³/mol. The van der Waals surface area contributed by atoms with Crippen molar-refractivity contribution in [3.63, 3.8) is 0 Å². The van der Waals surface area contributed by atoms with E-state index >= 15 is 0 Å². The number of carboxylic acids is 1. The molecule has 0 spiro atoms. The van der Waals surface area contributed by atoms with Gasteiger partial charge in [0, 0.05) is 11.8 Å². The summed E-state index contributed by atoms with van der Waals surface area (Å²) in [6.07, 6.45) is 5.25. The second-order valence-electron chi connectivity index (χ2n) is 10.2. The molecule has 29 heavy (non-hydrogen) atoms. The van der Waals surface area contributed by atoms with Crippen LogP contribution in [0.3, 0.4) is 0 Å². The van der Waals surface area contributed by atoms with Crippen molar-refractivity contribution in [2.45, 2.75) is 62.8 Å². The number of carbonyl (C=O) groups excluding carboxylic acids is 4. The number of aliphatic carboxylic acids is 1. The highest BCUT2D eigenvalue weighted by atomic mass is 16.6. The minimum absolute atomic E-state index is 0.235. The Morgan fingerprint density at radius 3 is 2.17 bits per heavy atom. The van der Waals surface area contributed by atoms with Gasteiger partial charge in [-0.1, -0.05) is 0 Å². The van der Waals surface area contributed by atoms with E-state index in [1.807, 2.05) is 0 Å². The van der Waals surface area contributed by atoms with Crippen LogP contribution in [0.1, 0.15) is 44.9 Å². The van der Waals surface area contributed by atoms with Crippen LogP contribution in [0.25, 0.3) is 0 Å². The topological polar surface area (TPSA) is 119 Å². The van der Waals surface area contributed by atoms with Gasteiger partial charge in [0.2, 0.25) is 0 Å². The highest BCUT2D eigenvalue weighted by Gasteiger charge is 2.70. The van der Waals surface area contributed by atoms with Gasteiger partial charge in [0.1, 0.15) is 17.8 Å². The van der Waals surface area contributed by atoms with E-state index in [2.05, 4.69) is 0 Å². The highest BCUT2D eigenvalue weighted by molar-refractivity contribution is 6.27. The number of esters is 3. The number of carbonyl (C=O) groups is 4. The lowest BCUT2D eigenvalue weighted by Gasteiger charge is -2.56. The van der Waals surface area contributed by atoms with Crippen molar-refractivity contribution in [3.05, 3.63) is 0 Å². The van der Waals surface area contributed by atoms with Crippen molar-refractivity contribution in [2.24, 2.45) is 41.4 Å². The fourth-order valence-electron chi connectivity index (χ4n) is 8.08. The standard InChI is InChI=1S/C21H24O8/c22-17(23)20(26)28-16-12-4-11-13(18(24)27-15(11)16)14(12)19(25)29-21-5-8-1-9(6-21)3-10(2-8)7-21/h8-16H,1-7H2,(H,22,23)/p-1. The van der Waals surface area contributed by atoms with Crippen molar-refractivity contribution >= 4 is 23.9 Å². The molecule has 7 aliphatic rings. The van der Waals surface area contributed by atoms with Crippen molar-refractivity contribution < 1.29 is 38.5 Å². The van der Waals surface area contributed by atoms with Gasteiger partial charge in [0.05, 0.1) is 11.8 Å². The van der Waals surface area contributed by atoms with E-state index in [1.165, 1.54) is 19.3 Å². The SMILES string of the molecule is O=C([O-])C(=O)OC1C2CC3C1OC(=O)C3C2C(=O)OC12CC3CC(CC(C3)C1)C2. The molecule has 0 aromatic heterocycles. The van der Waals surface area contributed by atoms with Crippen LogP contribution in [-0.2, 0) is 33.4 Å². The van der Waals surface area contributed by atoms with E-state index < -0.39 is 59.4 Å². The smallest absolute Gasteiger partial charge is 0.354 e. The molecule has 8 heteroatoms. The number of ether oxygens (including phenoxy) is 3. The second-order valence-corrected chi connectivity index (χ2v) is 10.2. The number of rotatable bonds is 3. The molecule has 8 nitrogen and oxygen atoms in total. The Bertz CT molecular complexity index is 782. The summed E-state index contributed by atoms with van der Waals surface area (Å²) in [4.78, 5) is 48.1. The van der Waals surface area contributed by atoms with Crippen molar-refractivity contribution in [2.75, 3.05) is 0 Å². The van der Waals surface area contributed by atoms with Gasteiger partial charge in [0.15, 0.2) is 5.97 Å². The third-order valence-corrected chi connectivity index (χ3v) is 8.53. The minimum atomic E-state index is -1.94. The Kier molecular flexibility index (Phi) is 3.50. The summed E-state index contributed by atoms with van der Waals surface area (Å²) < 4.78 is 16.6. The molecule has 0 aromatic carbocycles. The molecule has 6 unspecified atom stereocenters. The summed E-state index contributed by atoms with van der Waals surface area (Å²) >= 11 is 0. The van der Waals surface area contributed by atoms with Crippen LogP contribution in [0, 0.1) is 41.4 Å². The number of hydrogen-bond donors (Lipinski definition) is 0. The first-order valence-electron chi connectivity index (χ1n) is 10.7. The van der Waals surface area contributed by atoms with E-state index in [-0.39, 0.29) is 5.92 Å². The first kappa shape index (κ1) is 17.7. The average molecular weight is 403 g/mol. The Morgan fingerprint density at radius 2 is 1.59 bits per heavy atom. The summed E-state index contributed by atoms with van der Waals surface area (Å²) in [6, 6.07) is 0. The van der Waals surface area contributed by atoms with Gasteiger partial charge < -0.3 is 24.1 Å². The predicted octanol–water partition coefficient (Wildman–Crippen LogP) is -0.0324. The highest BCUT2D eigenvalue weighted by Crippen LogP contribution is 2.61. The van der Waals surface area contributed by atoms with Gasteiger partial charge in [-0.25, -0.2) is 4.79 Å². The van der Waals surface area contributed by atoms with E-state index in [0.717, 1.165) is 19.3 Å². The van der Waals surface area contributed by atoms with E-state index in [4.69, 9.17) is 14.2 Å². The molecule has 1 saturated heterocycles.